The Labute approximate surface area is 236 Å². The summed E-state index contributed by atoms with van der Waals surface area (Å²) in [7, 11) is 0.889. The highest BCUT2D eigenvalue weighted by Gasteiger charge is 2.31. The fraction of sp³-hybridized carbons (Fsp3) is 0.333. The van der Waals surface area contributed by atoms with Crippen molar-refractivity contribution in [3.8, 4) is 11.5 Å². The molecule has 0 unspecified atom stereocenters. The number of methoxy groups -OCH3 is 2. The molecular weight excluding hydrogens is 530 g/mol. The molecule has 0 aromatic heterocycles. The molecule has 3 rings (SSSR count). The zero-order valence-corrected chi connectivity index (χ0v) is 24.2. The molecule has 0 aliphatic carbocycles. The quantitative estimate of drug-likeness (QED) is 0.321. The minimum atomic E-state index is -3.60. The smallest absolute Gasteiger partial charge is 0.243 e. The van der Waals surface area contributed by atoms with E-state index >= 15 is 0 Å². The lowest BCUT2D eigenvalue weighted by atomic mass is 10.0. The summed E-state index contributed by atoms with van der Waals surface area (Å²) in [5, 5.41) is 2.99. The van der Waals surface area contributed by atoms with E-state index in [9.17, 15) is 18.0 Å². The van der Waals surface area contributed by atoms with E-state index in [4.69, 9.17) is 9.47 Å². The number of nitrogens with zero attached hydrogens (tertiary/aromatic N) is 2. The Balaban J connectivity index is 1.86. The van der Waals surface area contributed by atoms with E-state index in [1.54, 1.807) is 14.2 Å². The van der Waals surface area contributed by atoms with Crippen molar-refractivity contribution in [3.63, 3.8) is 0 Å². The average molecular weight is 568 g/mol. The molecule has 0 fully saturated rings. The largest absolute Gasteiger partial charge is 0.493 e. The van der Waals surface area contributed by atoms with E-state index in [1.807, 2.05) is 78.9 Å². The van der Waals surface area contributed by atoms with Crippen LogP contribution in [0.2, 0.25) is 0 Å². The lowest BCUT2D eigenvalue weighted by Gasteiger charge is -2.32. The van der Waals surface area contributed by atoms with Crippen LogP contribution in [0.5, 0.6) is 11.5 Å². The van der Waals surface area contributed by atoms with E-state index in [0.29, 0.717) is 24.5 Å². The van der Waals surface area contributed by atoms with Crippen LogP contribution in [-0.4, -0.2) is 76.1 Å². The summed E-state index contributed by atoms with van der Waals surface area (Å²) in [4.78, 5) is 28.7. The third-order valence-corrected chi connectivity index (χ3v) is 7.81. The second-order valence-electron chi connectivity index (χ2n) is 9.46. The number of hydrogen-bond donors (Lipinski definition) is 1. The number of carbonyl (C=O) groups excluding carboxylic acids is 2. The summed E-state index contributed by atoms with van der Waals surface area (Å²) in [6.45, 7) is 0.101. The molecule has 0 spiro atoms. The van der Waals surface area contributed by atoms with Crippen molar-refractivity contribution >= 4 is 21.8 Å². The minimum absolute atomic E-state index is 0.151. The van der Waals surface area contributed by atoms with Crippen molar-refractivity contribution < 1.29 is 27.5 Å². The number of amides is 2. The molecule has 0 heterocycles. The number of carbonyl (C=O) groups is 2. The van der Waals surface area contributed by atoms with E-state index in [0.717, 1.165) is 27.3 Å². The first-order valence-electron chi connectivity index (χ1n) is 12.9. The van der Waals surface area contributed by atoms with Gasteiger partial charge in [-0.1, -0.05) is 66.7 Å². The predicted octanol–water partition coefficient (Wildman–Crippen LogP) is 2.89. The van der Waals surface area contributed by atoms with Crippen molar-refractivity contribution in [1.29, 1.82) is 0 Å². The van der Waals surface area contributed by atoms with Crippen LogP contribution in [0, 0.1) is 0 Å². The topological polar surface area (TPSA) is 105 Å². The van der Waals surface area contributed by atoms with Crippen molar-refractivity contribution in [3.05, 3.63) is 95.6 Å². The summed E-state index contributed by atoms with van der Waals surface area (Å²) < 4.78 is 35.8. The summed E-state index contributed by atoms with van der Waals surface area (Å²) in [5.41, 5.74) is 2.66. The second-order valence-corrected chi connectivity index (χ2v) is 11.6. The number of nitrogens with one attached hydrogen (secondary N) is 1. The molecule has 2 amide bonds. The van der Waals surface area contributed by atoms with Crippen LogP contribution < -0.4 is 14.8 Å². The number of hydrogen-bond acceptors (Lipinski definition) is 6. The lowest BCUT2D eigenvalue weighted by molar-refractivity contribution is -0.141. The van der Waals surface area contributed by atoms with Gasteiger partial charge < -0.3 is 19.7 Å². The molecule has 3 aromatic carbocycles. The van der Waals surface area contributed by atoms with Crippen LogP contribution in [0.15, 0.2) is 78.9 Å². The highest BCUT2D eigenvalue weighted by atomic mass is 32.2. The highest BCUT2D eigenvalue weighted by Crippen LogP contribution is 2.27. The van der Waals surface area contributed by atoms with Crippen LogP contribution in [0.3, 0.4) is 0 Å². The zero-order valence-electron chi connectivity index (χ0n) is 23.4. The normalized spacial score (nSPS) is 12.0. The fourth-order valence-corrected chi connectivity index (χ4v) is 4.56. The monoisotopic (exact) mass is 567 g/mol. The standard InChI is InChI=1S/C30H37N3O6S/c1-32(40(4,36)37)22-29(34)33(21-25-13-9-6-10-14-25)26(19-23-11-7-5-8-12-23)30(35)31-18-17-24-15-16-27(38-2)28(20-24)39-3/h5-16,20,26H,17-19,21-22H2,1-4H3,(H,31,35)/t26-/m0/s1. The second kappa shape index (κ2) is 14.5. The molecule has 40 heavy (non-hydrogen) atoms. The molecular formula is C30H37N3O6S. The van der Waals surface area contributed by atoms with Gasteiger partial charge in [-0.2, -0.15) is 4.31 Å². The van der Waals surface area contributed by atoms with Crippen molar-refractivity contribution in [2.24, 2.45) is 0 Å². The van der Waals surface area contributed by atoms with Crippen LogP contribution >= 0.6 is 0 Å². The van der Waals surface area contributed by atoms with Crippen LogP contribution in [0.1, 0.15) is 16.7 Å². The summed E-state index contributed by atoms with van der Waals surface area (Å²) in [6.07, 6.45) is 1.85. The molecule has 0 radical (unpaired) electrons. The Kier molecular flexibility index (Phi) is 11.1. The van der Waals surface area contributed by atoms with E-state index in [-0.39, 0.29) is 25.4 Å². The zero-order chi connectivity index (χ0) is 29.1. The molecule has 10 heteroatoms. The summed E-state index contributed by atoms with van der Waals surface area (Å²) >= 11 is 0. The molecule has 0 aliphatic rings. The van der Waals surface area contributed by atoms with Crippen LogP contribution in [0.4, 0.5) is 0 Å². The summed E-state index contributed by atoms with van der Waals surface area (Å²) in [5.74, 6) is 0.429. The molecule has 0 saturated heterocycles. The third kappa shape index (κ3) is 8.82. The first-order valence-corrected chi connectivity index (χ1v) is 14.7. The lowest BCUT2D eigenvalue weighted by Crippen LogP contribution is -2.53. The summed E-state index contributed by atoms with van der Waals surface area (Å²) in [6, 6.07) is 23.5. The third-order valence-electron chi connectivity index (χ3n) is 6.55. The molecule has 3 aromatic rings. The number of benzene rings is 3. The van der Waals surface area contributed by atoms with Gasteiger partial charge in [0.05, 0.1) is 27.0 Å². The predicted molar refractivity (Wildman–Crippen MR) is 155 cm³/mol. The Morgan fingerprint density at radius 3 is 2.02 bits per heavy atom. The van der Waals surface area contributed by atoms with Gasteiger partial charge in [0.2, 0.25) is 21.8 Å². The maximum Gasteiger partial charge on any atom is 0.243 e. The van der Waals surface area contributed by atoms with Gasteiger partial charge in [0, 0.05) is 26.6 Å². The van der Waals surface area contributed by atoms with Crippen LogP contribution in [-0.2, 0) is 39.0 Å². The average Bonchev–Trinajstić information content (AvgIpc) is 2.95. The van der Waals surface area contributed by atoms with Crippen molar-refractivity contribution in [1.82, 2.24) is 14.5 Å². The van der Waals surface area contributed by atoms with Gasteiger partial charge in [-0.25, -0.2) is 8.42 Å². The van der Waals surface area contributed by atoms with Crippen molar-refractivity contribution in [2.75, 3.05) is 40.6 Å². The number of ether oxygens (including phenoxy) is 2. The first-order chi connectivity index (χ1) is 19.1. The number of rotatable bonds is 14. The Morgan fingerprint density at radius 2 is 1.45 bits per heavy atom. The molecule has 9 nitrogen and oxygen atoms in total. The van der Waals surface area contributed by atoms with Crippen LogP contribution in [0.25, 0.3) is 0 Å². The fourth-order valence-electron chi connectivity index (χ4n) is 4.22. The maximum absolute atomic E-state index is 13.7. The molecule has 1 atom stereocenters. The highest BCUT2D eigenvalue weighted by molar-refractivity contribution is 7.88. The number of sulfonamides is 1. The van der Waals surface area contributed by atoms with Gasteiger partial charge in [-0.3, -0.25) is 9.59 Å². The SMILES string of the molecule is COc1ccc(CCNC(=O)[C@H](Cc2ccccc2)N(Cc2ccccc2)C(=O)CN(C)S(C)(=O)=O)cc1OC. The molecule has 0 saturated carbocycles. The maximum atomic E-state index is 13.7. The Morgan fingerprint density at radius 1 is 0.850 bits per heavy atom. The van der Waals surface area contributed by atoms with Crippen molar-refractivity contribution in [2.45, 2.75) is 25.4 Å². The molecule has 0 bridgehead atoms. The molecule has 1 N–H and O–H groups in total. The molecule has 214 valence electrons. The number of likely N-dealkylation sites (N-methyl/N-ethyl adjacent to an activating group) is 1. The van der Waals surface area contributed by atoms with E-state index < -0.39 is 22.0 Å². The van der Waals surface area contributed by atoms with Gasteiger partial charge in [0.1, 0.15) is 6.04 Å². The van der Waals surface area contributed by atoms with Gasteiger partial charge >= 0.3 is 0 Å². The molecule has 0 aliphatic heterocycles. The Hall–Kier alpha value is -3.89. The first kappa shape index (κ1) is 30.6. The minimum Gasteiger partial charge on any atom is -0.493 e. The van der Waals surface area contributed by atoms with Gasteiger partial charge in [-0.15, -0.1) is 0 Å². The van der Waals surface area contributed by atoms with E-state index in [1.165, 1.54) is 11.9 Å². The Bertz CT molecular complexity index is 1370. The van der Waals surface area contributed by atoms with Gasteiger partial charge in [0.15, 0.2) is 11.5 Å². The van der Waals surface area contributed by atoms with E-state index in [2.05, 4.69) is 5.32 Å². The van der Waals surface area contributed by atoms with Gasteiger partial charge in [0.25, 0.3) is 0 Å². The van der Waals surface area contributed by atoms with Gasteiger partial charge in [-0.05, 0) is 35.2 Å².